The first-order valence-electron chi connectivity index (χ1n) is 32.4. The van der Waals surface area contributed by atoms with Crippen LogP contribution in [0.25, 0.3) is 0 Å². The van der Waals surface area contributed by atoms with Crippen molar-refractivity contribution in [3.05, 3.63) is 122 Å². The SMILES string of the molecule is CC/C=C\C/C=C\C/C=C\C/C=C\CCCCCCC(=O)OCC(COP(=O)(O)OCC(CO)OC(=O)CCCCCCCC/C=C\C/C=C\C/C=C\CCCCC)OC(=O)CCCCCCCC/C=C\C/C=C\C/C=C\CCCCC. The van der Waals surface area contributed by atoms with Gasteiger partial charge in [0.25, 0.3) is 0 Å². The van der Waals surface area contributed by atoms with E-state index in [-0.39, 0.29) is 25.9 Å². The molecule has 0 spiro atoms. The summed E-state index contributed by atoms with van der Waals surface area (Å²) in [5.41, 5.74) is 0. The van der Waals surface area contributed by atoms with Crippen molar-refractivity contribution in [3.8, 4) is 0 Å². The number of hydrogen-bond acceptors (Lipinski definition) is 10. The van der Waals surface area contributed by atoms with Crippen molar-refractivity contribution in [2.75, 3.05) is 26.4 Å². The smallest absolute Gasteiger partial charge is 0.462 e. The van der Waals surface area contributed by atoms with Crippen molar-refractivity contribution in [3.63, 3.8) is 0 Å². The van der Waals surface area contributed by atoms with Gasteiger partial charge in [0.05, 0.1) is 19.8 Å². The minimum atomic E-state index is -4.78. The van der Waals surface area contributed by atoms with Gasteiger partial charge in [0.15, 0.2) is 6.10 Å². The zero-order valence-corrected chi connectivity index (χ0v) is 52.8. The van der Waals surface area contributed by atoms with Crippen molar-refractivity contribution in [1.82, 2.24) is 0 Å². The number of unbranched alkanes of at least 4 members (excludes halogenated alkanes) is 22. The van der Waals surface area contributed by atoms with Crippen LogP contribution in [0.15, 0.2) is 122 Å². The van der Waals surface area contributed by atoms with E-state index in [1.165, 1.54) is 51.4 Å². The second kappa shape index (κ2) is 62.9. The summed E-state index contributed by atoms with van der Waals surface area (Å²) in [6, 6.07) is 0. The number of rotatable bonds is 59. The van der Waals surface area contributed by atoms with Gasteiger partial charge in [-0.1, -0.05) is 232 Å². The predicted octanol–water partition coefficient (Wildman–Crippen LogP) is 19.9. The highest BCUT2D eigenvalue weighted by Crippen LogP contribution is 2.43. The lowest BCUT2D eigenvalue weighted by Crippen LogP contribution is -2.30. The molecule has 3 unspecified atom stereocenters. The van der Waals surface area contributed by atoms with Crippen molar-refractivity contribution in [2.24, 2.45) is 0 Å². The summed E-state index contributed by atoms with van der Waals surface area (Å²) in [5, 5.41) is 9.86. The van der Waals surface area contributed by atoms with E-state index in [1.807, 2.05) is 0 Å². The molecule has 0 saturated heterocycles. The Balaban J connectivity index is 4.78. The van der Waals surface area contributed by atoms with Crippen LogP contribution in [0.5, 0.6) is 0 Å². The molecule has 12 heteroatoms. The van der Waals surface area contributed by atoms with E-state index in [1.54, 1.807) is 0 Å². The maximum Gasteiger partial charge on any atom is 0.472 e. The van der Waals surface area contributed by atoms with Crippen LogP contribution < -0.4 is 0 Å². The average Bonchev–Trinajstić information content (AvgIpc) is 3.47. The largest absolute Gasteiger partial charge is 0.472 e. The van der Waals surface area contributed by atoms with Crippen LogP contribution in [-0.4, -0.2) is 66.5 Å². The molecule has 82 heavy (non-hydrogen) atoms. The molecule has 0 aliphatic heterocycles. The summed E-state index contributed by atoms with van der Waals surface area (Å²) in [5.74, 6) is -1.53. The fourth-order valence-electron chi connectivity index (χ4n) is 8.42. The van der Waals surface area contributed by atoms with E-state index >= 15 is 0 Å². The molecule has 0 aromatic rings. The number of carbonyl (C=O) groups is 3. The topological polar surface area (TPSA) is 155 Å². The number of ether oxygens (including phenoxy) is 3. The lowest BCUT2D eigenvalue weighted by Gasteiger charge is -2.21. The van der Waals surface area contributed by atoms with E-state index in [0.717, 1.165) is 154 Å². The molecule has 0 aliphatic rings. The molecule has 0 radical (unpaired) electrons. The van der Waals surface area contributed by atoms with Crippen molar-refractivity contribution < 1.29 is 52.2 Å². The Kier molecular flexibility index (Phi) is 59.8. The summed E-state index contributed by atoms with van der Waals surface area (Å²) in [6.07, 6.45) is 78.5. The first kappa shape index (κ1) is 77.9. The average molecular weight is 1170 g/mol. The fraction of sp³-hybridized carbons (Fsp3) is 0.671. The maximum atomic E-state index is 13.0. The Labute approximate surface area is 500 Å². The van der Waals surface area contributed by atoms with E-state index in [2.05, 4.69) is 142 Å². The fourth-order valence-corrected chi connectivity index (χ4v) is 9.20. The van der Waals surface area contributed by atoms with Gasteiger partial charge in [0.2, 0.25) is 0 Å². The lowest BCUT2D eigenvalue weighted by molar-refractivity contribution is -0.161. The number of phosphoric acid groups is 1. The number of carbonyl (C=O) groups excluding carboxylic acids is 3. The van der Waals surface area contributed by atoms with Crippen LogP contribution in [0.3, 0.4) is 0 Å². The Hall–Kier alpha value is -4.12. The van der Waals surface area contributed by atoms with E-state index < -0.39 is 57.8 Å². The van der Waals surface area contributed by atoms with Crippen molar-refractivity contribution in [1.29, 1.82) is 0 Å². The summed E-state index contributed by atoms with van der Waals surface area (Å²) >= 11 is 0. The highest BCUT2D eigenvalue weighted by molar-refractivity contribution is 7.47. The van der Waals surface area contributed by atoms with Gasteiger partial charge in [-0.15, -0.1) is 0 Å². The number of aliphatic hydroxyl groups is 1. The number of aliphatic hydroxyl groups excluding tert-OH is 1. The van der Waals surface area contributed by atoms with E-state index in [0.29, 0.717) is 19.3 Å². The molecule has 468 valence electrons. The molecule has 0 fully saturated rings. The number of esters is 3. The third-order valence-corrected chi connectivity index (χ3v) is 14.3. The molecule has 0 aliphatic carbocycles. The minimum Gasteiger partial charge on any atom is -0.462 e. The van der Waals surface area contributed by atoms with Crippen LogP contribution >= 0.6 is 7.82 Å². The number of phosphoric ester groups is 1. The second-order valence-corrected chi connectivity index (χ2v) is 22.6. The zero-order chi connectivity index (χ0) is 59.8. The van der Waals surface area contributed by atoms with Gasteiger partial charge in [-0.3, -0.25) is 23.4 Å². The molecule has 2 N–H and O–H groups in total. The van der Waals surface area contributed by atoms with Crippen LogP contribution in [-0.2, 0) is 42.2 Å². The Morgan fingerprint density at radius 2 is 0.634 bits per heavy atom. The zero-order valence-electron chi connectivity index (χ0n) is 51.9. The third kappa shape index (κ3) is 60.5. The molecule has 11 nitrogen and oxygen atoms in total. The normalized spacial score (nSPS) is 14.1. The summed E-state index contributed by atoms with van der Waals surface area (Å²) in [6.45, 7) is 4.43. The maximum absolute atomic E-state index is 13.0. The van der Waals surface area contributed by atoms with Crippen molar-refractivity contribution in [2.45, 2.75) is 277 Å². The predicted molar refractivity (Wildman–Crippen MR) is 343 cm³/mol. The Morgan fingerprint density at radius 1 is 0.354 bits per heavy atom. The number of allylic oxidation sites excluding steroid dienone is 20. The van der Waals surface area contributed by atoms with Gasteiger partial charge in [-0.2, -0.15) is 0 Å². The highest BCUT2D eigenvalue weighted by Gasteiger charge is 2.28. The van der Waals surface area contributed by atoms with Crippen molar-refractivity contribution >= 4 is 25.7 Å². The summed E-state index contributed by atoms with van der Waals surface area (Å²) < 4.78 is 39.7. The van der Waals surface area contributed by atoms with Gasteiger partial charge in [-0.05, 0) is 135 Å². The molecule has 0 saturated carbocycles. The van der Waals surface area contributed by atoms with Gasteiger partial charge < -0.3 is 24.2 Å². The Morgan fingerprint density at radius 3 is 0.976 bits per heavy atom. The first-order valence-corrected chi connectivity index (χ1v) is 33.9. The molecular weight excluding hydrogens is 1050 g/mol. The quantitative estimate of drug-likeness (QED) is 0.0197. The number of hydrogen-bond donors (Lipinski definition) is 2. The van der Waals surface area contributed by atoms with Crippen LogP contribution in [0.2, 0.25) is 0 Å². The molecule has 0 heterocycles. The van der Waals surface area contributed by atoms with Gasteiger partial charge >= 0.3 is 25.7 Å². The van der Waals surface area contributed by atoms with Crippen LogP contribution in [0.1, 0.15) is 265 Å². The molecule has 3 atom stereocenters. The molecular formula is C70H117O11P. The summed E-state index contributed by atoms with van der Waals surface area (Å²) in [7, 11) is -4.78. The van der Waals surface area contributed by atoms with E-state index in [4.69, 9.17) is 23.3 Å². The standard InChI is InChI=1S/C70H117O11P/c1-4-7-10-13-16-19-22-25-28-31-33-36-39-42-45-48-51-54-57-60-69(73)80-66(62-71)64-78-82(75,76)79-65-67(63-77-68(72)59-56-53-50-47-44-41-38-35-30-27-24-21-18-15-12-9-6-3)81-70(74)61-58-55-52-49-46-43-40-37-34-32-29-26-23-20-17-14-11-8-5-2/h9,12,16-21,25-30,33-34,36-38,41,66-67,71H,4-8,10-11,13-15,22-24,31-32,35,39-40,42-65H2,1-3H3,(H,75,76)/b12-9-,19-16-,20-17-,21-18-,28-25-,29-26-,30-27-,36-33-,37-34-,41-38-. The first-order chi connectivity index (χ1) is 40.2. The monoisotopic (exact) mass is 1160 g/mol. The van der Waals surface area contributed by atoms with Crippen LogP contribution in [0.4, 0.5) is 0 Å². The minimum absolute atomic E-state index is 0.140. The molecule has 0 aromatic carbocycles. The van der Waals surface area contributed by atoms with E-state index in [9.17, 15) is 28.9 Å². The molecule has 0 bridgehead atoms. The van der Waals surface area contributed by atoms with Gasteiger partial charge in [0.1, 0.15) is 12.7 Å². The molecule has 0 aromatic heterocycles. The third-order valence-electron chi connectivity index (χ3n) is 13.3. The lowest BCUT2D eigenvalue weighted by atomic mass is 10.1. The van der Waals surface area contributed by atoms with Gasteiger partial charge in [0, 0.05) is 19.3 Å². The molecule has 0 rings (SSSR count). The van der Waals surface area contributed by atoms with Crippen LogP contribution in [0, 0.1) is 0 Å². The van der Waals surface area contributed by atoms with Gasteiger partial charge in [-0.25, -0.2) is 4.57 Å². The second-order valence-electron chi connectivity index (χ2n) is 21.2. The highest BCUT2D eigenvalue weighted by atomic mass is 31.2. The molecule has 0 amide bonds. The summed E-state index contributed by atoms with van der Waals surface area (Å²) in [4.78, 5) is 48.8. The Bertz CT molecular complexity index is 1840.